The Morgan fingerprint density at radius 2 is 1.30 bits per heavy atom. The van der Waals surface area contributed by atoms with Crippen LogP contribution in [-0.2, 0) is 0 Å². The van der Waals surface area contributed by atoms with E-state index in [1.165, 1.54) is 32.7 Å². The predicted octanol–water partition coefficient (Wildman–Crippen LogP) is 7.01. The molecular weight excluding hydrogens is 330 g/mol. The van der Waals surface area contributed by atoms with Crippen molar-refractivity contribution in [2.45, 2.75) is 13.8 Å². The molecule has 2 heteroatoms. The van der Waals surface area contributed by atoms with Crippen LogP contribution in [0.3, 0.4) is 0 Å². The Labute approximate surface area is 156 Å². The summed E-state index contributed by atoms with van der Waals surface area (Å²) in [6, 6.07) is 23.3. The number of aromatic nitrogens is 1. The molecular formula is C25H17NO. The first-order valence-corrected chi connectivity index (χ1v) is 9.25. The van der Waals surface area contributed by atoms with Crippen LogP contribution >= 0.6 is 0 Å². The molecule has 6 aromatic rings. The Bertz CT molecular complexity index is 1480. The Kier molecular flexibility index (Phi) is 2.77. The quantitative estimate of drug-likeness (QED) is 0.236. The lowest BCUT2D eigenvalue weighted by molar-refractivity contribution is 0.682. The van der Waals surface area contributed by atoms with Gasteiger partial charge in [-0.3, -0.25) is 0 Å². The van der Waals surface area contributed by atoms with Crippen LogP contribution in [-0.4, -0.2) is 4.98 Å². The fourth-order valence-corrected chi connectivity index (χ4v) is 4.25. The summed E-state index contributed by atoms with van der Waals surface area (Å²) in [6.45, 7) is 4.30. The van der Waals surface area contributed by atoms with Crippen molar-refractivity contribution in [3.63, 3.8) is 0 Å². The van der Waals surface area contributed by atoms with Crippen LogP contribution in [0, 0.1) is 13.8 Å². The summed E-state index contributed by atoms with van der Waals surface area (Å²) >= 11 is 0. The van der Waals surface area contributed by atoms with Crippen molar-refractivity contribution in [1.82, 2.24) is 4.98 Å². The second kappa shape index (κ2) is 5.08. The first-order chi connectivity index (χ1) is 13.2. The Morgan fingerprint density at radius 3 is 2.04 bits per heavy atom. The summed E-state index contributed by atoms with van der Waals surface area (Å²) in [5, 5.41) is 5.85. The minimum absolute atomic E-state index is 0.946. The fourth-order valence-electron chi connectivity index (χ4n) is 4.25. The highest BCUT2D eigenvalue weighted by Crippen LogP contribution is 2.46. The van der Waals surface area contributed by atoms with Crippen LogP contribution in [0.15, 0.2) is 71.1 Å². The van der Waals surface area contributed by atoms with Crippen molar-refractivity contribution < 1.29 is 4.42 Å². The third-order valence-corrected chi connectivity index (χ3v) is 5.72. The van der Waals surface area contributed by atoms with Gasteiger partial charge in [-0.2, -0.15) is 0 Å². The lowest BCUT2D eigenvalue weighted by Crippen LogP contribution is -1.91. The van der Waals surface area contributed by atoms with Crippen molar-refractivity contribution in [2.75, 3.05) is 0 Å². The summed E-state index contributed by atoms with van der Waals surface area (Å²) in [6.07, 6.45) is 0. The van der Waals surface area contributed by atoms with E-state index in [9.17, 15) is 0 Å². The predicted molar refractivity (Wildman–Crippen MR) is 113 cm³/mol. The summed E-state index contributed by atoms with van der Waals surface area (Å²) in [7, 11) is 0. The monoisotopic (exact) mass is 347 g/mol. The highest BCUT2D eigenvalue weighted by atomic mass is 16.3. The maximum Gasteiger partial charge on any atom is 0.145 e. The molecule has 0 aliphatic heterocycles. The van der Waals surface area contributed by atoms with Gasteiger partial charge in [-0.15, -0.1) is 0 Å². The van der Waals surface area contributed by atoms with Gasteiger partial charge in [-0.05, 0) is 37.1 Å². The average Bonchev–Trinajstić information content (AvgIpc) is 3.27. The van der Waals surface area contributed by atoms with Crippen LogP contribution < -0.4 is 0 Å². The second-order valence-electron chi connectivity index (χ2n) is 7.34. The van der Waals surface area contributed by atoms with Gasteiger partial charge in [0.2, 0.25) is 0 Å². The molecule has 0 saturated heterocycles. The largest absolute Gasteiger partial charge is 0.455 e. The summed E-state index contributed by atoms with van der Waals surface area (Å²) in [5.74, 6) is 0. The Balaban J connectivity index is 1.92. The van der Waals surface area contributed by atoms with E-state index in [2.05, 4.69) is 74.5 Å². The smallest absolute Gasteiger partial charge is 0.145 e. The van der Waals surface area contributed by atoms with Crippen molar-refractivity contribution >= 4 is 43.6 Å². The highest BCUT2D eigenvalue weighted by Gasteiger charge is 2.23. The molecule has 0 saturated carbocycles. The van der Waals surface area contributed by atoms with E-state index < -0.39 is 0 Å². The molecule has 0 radical (unpaired) electrons. The van der Waals surface area contributed by atoms with E-state index in [-0.39, 0.29) is 0 Å². The van der Waals surface area contributed by atoms with Crippen LogP contribution in [0.4, 0.5) is 0 Å². The highest BCUT2D eigenvalue weighted by molar-refractivity contribution is 6.33. The molecule has 128 valence electrons. The lowest BCUT2D eigenvalue weighted by Gasteiger charge is -2.11. The van der Waals surface area contributed by atoms with Crippen molar-refractivity contribution in [3.05, 3.63) is 77.9 Å². The van der Waals surface area contributed by atoms with Crippen LogP contribution in [0.1, 0.15) is 11.1 Å². The van der Waals surface area contributed by atoms with E-state index in [1.54, 1.807) is 0 Å². The number of nitrogens with zero attached hydrogens (tertiary/aromatic N) is 1. The maximum atomic E-state index is 6.35. The molecule has 0 N–H and O–H groups in total. The zero-order valence-corrected chi connectivity index (χ0v) is 15.2. The van der Waals surface area contributed by atoms with Crippen molar-refractivity contribution in [3.8, 4) is 11.3 Å². The standard InChI is InChI=1S/C25H17NO/c1-14-12-19-20(13-15(14)2)26-23(16-8-4-3-5-9-16)22-21(19)24-17-10-6-7-11-18(17)25(22)27-24/h3-13H,1-2H3. The number of fused-ring (bicyclic) bond motifs is 10. The third kappa shape index (κ3) is 1.87. The van der Waals surface area contributed by atoms with E-state index in [0.717, 1.165) is 33.3 Å². The van der Waals surface area contributed by atoms with Crippen molar-refractivity contribution in [2.24, 2.45) is 0 Å². The Hall–Kier alpha value is -3.39. The van der Waals surface area contributed by atoms with E-state index in [4.69, 9.17) is 9.40 Å². The number of rotatable bonds is 1. The van der Waals surface area contributed by atoms with Gasteiger partial charge in [0.25, 0.3) is 0 Å². The number of furan rings is 2. The van der Waals surface area contributed by atoms with E-state index >= 15 is 0 Å². The molecule has 2 bridgehead atoms. The first kappa shape index (κ1) is 14.7. The molecule has 3 heterocycles. The molecule has 0 amide bonds. The van der Waals surface area contributed by atoms with E-state index in [0.29, 0.717) is 0 Å². The molecule has 27 heavy (non-hydrogen) atoms. The molecule has 2 nitrogen and oxygen atoms in total. The van der Waals surface area contributed by atoms with Crippen LogP contribution in [0.25, 0.3) is 54.9 Å². The van der Waals surface area contributed by atoms with Gasteiger partial charge in [0, 0.05) is 27.1 Å². The molecule has 0 aliphatic carbocycles. The molecule has 6 rings (SSSR count). The summed E-state index contributed by atoms with van der Waals surface area (Å²) < 4.78 is 6.35. The number of benzene rings is 4. The summed E-state index contributed by atoms with van der Waals surface area (Å²) in [5.41, 5.74) is 7.61. The van der Waals surface area contributed by atoms with Crippen molar-refractivity contribution in [1.29, 1.82) is 0 Å². The normalized spacial score (nSPS) is 12.1. The molecule has 0 aliphatic rings. The topological polar surface area (TPSA) is 26.0 Å². The molecule has 0 atom stereocenters. The second-order valence-corrected chi connectivity index (χ2v) is 7.34. The maximum absolute atomic E-state index is 6.35. The minimum atomic E-state index is 0.946. The van der Waals surface area contributed by atoms with Gasteiger partial charge < -0.3 is 4.42 Å². The Morgan fingerprint density at radius 1 is 0.667 bits per heavy atom. The molecule has 0 unspecified atom stereocenters. The van der Waals surface area contributed by atoms with Gasteiger partial charge in [0.1, 0.15) is 11.2 Å². The van der Waals surface area contributed by atoms with Gasteiger partial charge in [-0.1, -0.05) is 54.6 Å². The third-order valence-electron chi connectivity index (χ3n) is 5.72. The number of aryl methyl sites for hydroxylation is 2. The van der Waals surface area contributed by atoms with Crippen LogP contribution in [0.2, 0.25) is 0 Å². The first-order valence-electron chi connectivity index (χ1n) is 9.25. The zero-order valence-electron chi connectivity index (χ0n) is 15.2. The average molecular weight is 347 g/mol. The van der Waals surface area contributed by atoms with Crippen LogP contribution in [0.5, 0.6) is 0 Å². The van der Waals surface area contributed by atoms with Gasteiger partial charge in [0.05, 0.1) is 16.6 Å². The van der Waals surface area contributed by atoms with Gasteiger partial charge in [-0.25, -0.2) is 4.98 Å². The molecule has 3 aromatic carbocycles. The van der Waals surface area contributed by atoms with Gasteiger partial charge in [0.15, 0.2) is 0 Å². The SMILES string of the molecule is Cc1cc2nc(-c3ccccc3)c3c4oc(c5ccccc54)c3c2cc1C. The minimum Gasteiger partial charge on any atom is -0.455 e. The number of hydrogen-bond donors (Lipinski definition) is 0. The molecule has 0 spiro atoms. The number of pyridine rings is 1. The molecule has 3 aromatic heterocycles. The summed E-state index contributed by atoms with van der Waals surface area (Å²) in [4.78, 5) is 5.10. The molecule has 0 fully saturated rings. The van der Waals surface area contributed by atoms with E-state index in [1.807, 2.05) is 6.07 Å². The van der Waals surface area contributed by atoms with Gasteiger partial charge >= 0.3 is 0 Å². The lowest BCUT2D eigenvalue weighted by atomic mass is 9.95. The zero-order chi connectivity index (χ0) is 18.1. The number of hydrogen-bond acceptors (Lipinski definition) is 2. The fraction of sp³-hybridized carbons (Fsp3) is 0.0800.